The van der Waals surface area contributed by atoms with Crippen LogP contribution in [-0.4, -0.2) is 76.8 Å². The van der Waals surface area contributed by atoms with E-state index in [9.17, 15) is 9.59 Å². The molecular formula is C32H33N7O2. The molecule has 3 aromatic rings. The predicted molar refractivity (Wildman–Crippen MR) is 155 cm³/mol. The van der Waals surface area contributed by atoms with Gasteiger partial charge in [0.05, 0.1) is 23.8 Å². The molecule has 2 fully saturated rings. The average molecular weight is 548 g/mol. The molecule has 9 heteroatoms. The third-order valence-corrected chi connectivity index (χ3v) is 7.79. The normalized spacial score (nSPS) is 16.5. The minimum atomic E-state index is -0.215. The Balaban J connectivity index is 1.05. The van der Waals surface area contributed by atoms with Crippen molar-refractivity contribution in [2.45, 2.75) is 32.0 Å². The van der Waals surface area contributed by atoms with Crippen LogP contribution in [0.15, 0.2) is 66.9 Å². The molecule has 1 aromatic heterocycles. The van der Waals surface area contributed by atoms with E-state index in [2.05, 4.69) is 31.0 Å². The number of hydrogen-bond acceptors (Lipinski definition) is 6. The summed E-state index contributed by atoms with van der Waals surface area (Å²) in [5.74, 6) is -0.285. The van der Waals surface area contributed by atoms with Gasteiger partial charge in [-0.1, -0.05) is 36.4 Å². The van der Waals surface area contributed by atoms with Crippen LogP contribution in [0.4, 0.5) is 5.69 Å². The van der Waals surface area contributed by atoms with E-state index >= 15 is 0 Å². The second kappa shape index (κ2) is 13.2. The predicted octanol–water partition coefficient (Wildman–Crippen LogP) is 3.86. The van der Waals surface area contributed by atoms with E-state index in [0.29, 0.717) is 35.6 Å². The molecule has 5 rings (SSSR count). The molecule has 2 aliphatic heterocycles. The number of carbonyl (C=O) groups excluding carboxylic acids is 2. The fourth-order valence-electron chi connectivity index (χ4n) is 5.32. The van der Waals surface area contributed by atoms with Gasteiger partial charge in [-0.15, -0.1) is 0 Å². The van der Waals surface area contributed by atoms with Crippen molar-refractivity contribution < 1.29 is 9.59 Å². The molecule has 41 heavy (non-hydrogen) atoms. The van der Waals surface area contributed by atoms with Crippen molar-refractivity contribution in [2.24, 2.45) is 0 Å². The van der Waals surface area contributed by atoms with E-state index in [0.717, 1.165) is 57.7 Å². The monoisotopic (exact) mass is 547 g/mol. The number of benzene rings is 2. The van der Waals surface area contributed by atoms with Crippen LogP contribution in [0.5, 0.6) is 0 Å². The molecule has 2 aromatic carbocycles. The van der Waals surface area contributed by atoms with Crippen molar-refractivity contribution >= 4 is 17.5 Å². The Morgan fingerprint density at radius 1 is 0.878 bits per heavy atom. The largest absolute Gasteiger partial charge is 0.348 e. The maximum Gasteiger partial charge on any atom is 0.270 e. The van der Waals surface area contributed by atoms with Crippen molar-refractivity contribution in [1.82, 2.24) is 25.0 Å². The van der Waals surface area contributed by atoms with E-state index in [1.54, 1.807) is 12.1 Å². The van der Waals surface area contributed by atoms with Gasteiger partial charge in [0.15, 0.2) is 5.69 Å². The van der Waals surface area contributed by atoms with Gasteiger partial charge in [0.1, 0.15) is 5.69 Å². The number of nitriles is 1. The lowest BCUT2D eigenvalue weighted by Crippen LogP contribution is -2.48. The lowest BCUT2D eigenvalue weighted by molar-refractivity contribution is 0.0627. The topological polar surface area (TPSA) is 96.9 Å². The number of hydrogen-bond donors (Lipinski definition) is 1. The van der Waals surface area contributed by atoms with Gasteiger partial charge in [-0.25, -0.2) is 4.85 Å². The van der Waals surface area contributed by atoms with Gasteiger partial charge < -0.3 is 10.2 Å². The SMILES string of the molecule is [C-]#[N+]c1ccc(CN2CCN(C(=O)c3ccc(C(=O)NC4CCN(Cc5ccc(C#N)cc5)CC4)nc3)CC2)cc1. The Labute approximate surface area is 240 Å². The van der Waals surface area contributed by atoms with Crippen LogP contribution in [0, 0.1) is 17.9 Å². The fraction of sp³-hybridized carbons (Fsp3) is 0.344. The first kappa shape index (κ1) is 28.0. The highest BCUT2D eigenvalue weighted by Gasteiger charge is 2.24. The number of rotatable bonds is 7. The molecule has 2 saturated heterocycles. The Morgan fingerprint density at radius 3 is 2.05 bits per heavy atom. The van der Waals surface area contributed by atoms with E-state index in [1.165, 1.54) is 11.8 Å². The van der Waals surface area contributed by atoms with Crippen LogP contribution in [0.3, 0.4) is 0 Å². The van der Waals surface area contributed by atoms with Crippen LogP contribution >= 0.6 is 0 Å². The zero-order valence-electron chi connectivity index (χ0n) is 23.0. The second-order valence-electron chi connectivity index (χ2n) is 10.6. The summed E-state index contributed by atoms with van der Waals surface area (Å²) in [6.45, 7) is 13.3. The molecule has 208 valence electrons. The maximum absolute atomic E-state index is 13.0. The number of nitrogens with one attached hydrogen (secondary N) is 1. The summed E-state index contributed by atoms with van der Waals surface area (Å²) in [5.41, 5.74) is 4.44. The summed E-state index contributed by atoms with van der Waals surface area (Å²) in [5, 5.41) is 12.1. The van der Waals surface area contributed by atoms with Gasteiger partial charge in [-0.2, -0.15) is 5.26 Å². The van der Waals surface area contributed by atoms with Crippen molar-refractivity contribution in [3.8, 4) is 6.07 Å². The summed E-state index contributed by atoms with van der Waals surface area (Å²) < 4.78 is 0. The minimum Gasteiger partial charge on any atom is -0.348 e. The standard InChI is InChI=1S/C32H33N7O2/c1-34-28-9-6-26(7-10-28)23-38-16-18-39(19-17-38)32(41)27-8-11-30(35-21-27)31(40)36-29-12-14-37(15-13-29)22-25-4-2-24(20-33)3-5-25/h2-11,21,29H,12-19,22-23H2,(H,36,40). The highest BCUT2D eigenvalue weighted by molar-refractivity contribution is 5.96. The van der Waals surface area contributed by atoms with Crippen LogP contribution in [0.25, 0.3) is 4.85 Å². The van der Waals surface area contributed by atoms with E-state index in [-0.39, 0.29) is 17.9 Å². The first-order valence-corrected chi connectivity index (χ1v) is 14.0. The van der Waals surface area contributed by atoms with Gasteiger partial charge in [0.2, 0.25) is 0 Å². The molecule has 0 bridgehead atoms. The van der Waals surface area contributed by atoms with Crippen LogP contribution in [-0.2, 0) is 13.1 Å². The Bertz CT molecular complexity index is 1420. The molecule has 2 amide bonds. The van der Waals surface area contributed by atoms with Gasteiger partial charge >= 0.3 is 0 Å². The molecule has 0 unspecified atom stereocenters. The summed E-state index contributed by atoms with van der Waals surface area (Å²) in [7, 11) is 0. The Hall–Kier alpha value is -4.57. The summed E-state index contributed by atoms with van der Waals surface area (Å²) >= 11 is 0. The number of pyridine rings is 1. The summed E-state index contributed by atoms with van der Waals surface area (Å²) in [6, 6.07) is 20.9. The average Bonchev–Trinajstić information content (AvgIpc) is 3.03. The molecule has 0 saturated carbocycles. The van der Waals surface area contributed by atoms with Crippen molar-refractivity contribution in [1.29, 1.82) is 5.26 Å². The maximum atomic E-state index is 13.0. The van der Waals surface area contributed by atoms with Gasteiger partial charge in [-0.3, -0.25) is 24.4 Å². The van der Waals surface area contributed by atoms with E-state index in [4.69, 9.17) is 11.8 Å². The molecule has 2 aliphatic rings. The highest BCUT2D eigenvalue weighted by Crippen LogP contribution is 2.17. The zero-order valence-corrected chi connectivity index (χ0v) is 23.0. The number of nitrogens with zero attached hydrogens (tertiary/aromatic N) is 6. The van der Waals surface area contributed by atoms with Crippen LogP contribution in [0.2, 0.25) is 0 Å². The number of carbonyl (C=O) groups is 2. The van der Waals surface area contributed by atoms with Crippen molar-refractivity contribution in [3.63, 3.8) is 0 Å². The van der Waals surface area contributed by atoms with Crippen LogP contribution < -0.4 is 5.32 Å². The fourth-order valence-corrected chi connectivity index (χ4v) is 5.32. The molecular weight excluding hydrogens is 514 g/mol. The quantitative estimate of drug-likeness (QED) is 0.452. The lowest BCUT2D eigenvalue weighted by atomic mass is 10.0. The molecule has 3 heterocycles. The van der Waals surface area contributed by atoms with Gasteiger partial charge in [-0.05, 0) is 48.2 Å². The third kappa shape index (κ3) is 7.34. The first-order chi connectivity index (χ1) is 20.0. The van der Waals surface area contributed by atoms with Gasteiger partial charge in [0, 0.05) is 64.6 Å². The van der Waals surface area contributed by atoms with Crippen LogP contribution in [0.1, 0.15) is 50.4 Å². The number of likely N-dealkylation sites (tertiary alicyclic amines) is 1. The molecule has 1 N–H and O–H groups in total. The summed E-state index contributed by atoms with van der Waals surface area (Å²) in [4.78, 5) is 40.1. The number of piperazine rings is 1. The molecule has 0 aliphatic carbocycles. The lowest BCUT2D eigenvalue weighted by Gasteiger charge is -2.34. The smallest absolute Gasteiger partial charge is 0.270 e. The first-order valence-electron chi connectivity index (χ1n) is 14.0. The number of aromatic nitrogens is 1. The van der Waals surface area contributed by atoms with E-state index in [1.807, 2.05) is 53.4 Å². The zero-order chi connectivity index (χ0) is 28.6. The Kier molecular flexibility index (Phi) is 9.00. The van der Waals surface area contributed by atoms with Gasteiger partial charge in [0.25, 0.3) is 11.8 Å². The minimum absolute atomic E-state index is 0.0693. The van der Waals surface area contributed by atoms with E-state index < -0.39 is 0 Å². The summed E-state index contributed by atoms with van der Waals surface area (Å²) in [6.07, 6.45) is 3.22. The molecule has 0 radical (unpaired) electrons. The number of amides is 2. The van der Waals surface area contributed by atoms with Crippen molar-refractivity contribution in [2.75, 3.05) is 39.3 Å². The third-order valence-electron chi connectivity index (χ3n) is 7.79. The Morgan fingerprint density at radius 2 is 1.49 bits per heavy atom. The molecule has 0 atom stereocenters. The van der Waals surface area contributed by atoms with Crippen molar-refractivity contribution in [3.05, 3.63) is 106 Å². The second-order valence-corrected chi connectivity index (χ2v) is 10.6. The molecule has 0 spiro atoms. The molecule has 9 nitrogen and oxygen atoms in total. The number of piperidine rings is 1. The highest BCUT2D eigenvalue weighted by atomic mass is 16.2.